The van der Waals surface area contributed by atoms with Crippen LogP contribution >= 0.6 is 0 Å². The molecular weight excluding hydrogens is 350 g/mol. The predicted octanol–water partition coefficient (Wildman–Crippen LogP) is 3.88. The summed E-state index contributed by atoms with van der Waals surface area (Å²) in [6.45, 7) is 2.09. The predicted molar refractivity (Wildman–Crippen MR) is 109 cm³/mol. The Balaban J connectivity index is 1.51. The summed E-state index contributed by atoms with van der Waals surface area (Å²) in [7, 11) is 1.98. The van der Waals surface area contributed by atoms with Crippen LogP contribution in [0, 0.1) is 0 Å². The molecule has 1 atom stereocenters. The summed E-state index contributed by atoms with van der Waals surface area (Å²) in [5.41, 5.74) is 5.04. The Morgan fingerprint density at radius 2 is 1.64 bits per heavy atom. The minimum atomic E-state index is 0.101. The van der Waals surface area contributed by atoms with Crippen molar-refractivity contribution >= 4 is 28.0 Å². The van der Waals surface area contributed by atoms with Gasteiger partial charge in [-0.2, -0.15) is 4.98 Å². The van der Waals surface area contributed by atoms with Gasteiger partial charge < -0.3 is 9.88 Å². The molecule has 5 rings (SSSR count). The molecule has 0 bridgehead atoms. The molecule has 0 spiro atoms. The molecule has 2 aromatic carbocycles. The Bertz CT molecular complexity index is 1270. The Labute approximate surface area is 161 Å². The monoisotopic (exact) mass is 369 g/mol. The molecule has 3 aromatic heterocycles. The Morgan fingerprint density at radius 1 is 0.893 bits per heavy atom. The van der Waals surface area contributed by atoms with Crippen molar-refractivity contribution in [2.75, 3.05) is 5.32 Å². The summed E-state index contributed by atoms with van der Waals surface area (Å²) < 4.78 is 3.95. The van der Waals surface area contributed by atoms with E-state index in [9.17, 15) is 0 Å². The molecule has 0 aliphatic carbocycles. The van der Waals surface area contributed by atoms with Gasteiger partial charge in [0.1, 0.15) is 12.1 Å². The second-order valence-electron chi connectivity index (χ2n) is 6.81. The van der Waals surface area contributed by atoms with Gasteiger partial charge in [-0.3, -0.25) is 4.57 Å². The minimum absolute atomic E-state index is 0.101. The molecule has 0 aliphatic rings. The van der Waals surface area contributed by atoms with Crippen LogP contribution in [-0.4, -0.2) is 29.1 Å². The first-order chi connectivity index (χ1) is 13.7. The molecule has 0 aliphatic heterocycles. The molecular formula is C21H19N7. The molecule has 7 heteroatoms. The van der Waals surface area contributed by atoms with Gasteiger partial charge in [-0.1, -0.05) is 30.3 Å². The maximum Gasteiger partial charge on any atom is 0.225 e. The molecule has 1 N–H and O–H groups in total. The average Bonchev–Trinajstić information content (AvgIpc) is 3.30. The minimum Gasteiger partial charge on any atom is -0.348 e. The number of aryl methyl sites for hydroxylation is 1. The third kappa shape index (κ3) is 2.77. The largest absolute Gasteiger partial charge is 0.348 e. The van der Waals surface area contributed by atoms with Crippen LogP contribution in [0.5, 0.6) is 0 Å². The van der Waals surface area contributed by atoms with Crippen molar-refractivity contribution in [2.45, 2.75) is 13.0 Å². The Morgan fingerprint density at radius 3 is 2.50 bits per heavy atom. The van der Waals surface area contributed by atoms with Crippen LogP contribution in [0.15, 0.2) is 67.4 Å². The highest BCUT2D eigenvalue weighted by Gasteiger charge is 2.12. The number of imidazole rings is 2. The zero-order chi connectivity index (χ0) is 19.1. The highest BCUT2D eigenvalue weighted by atomic mass is 15.2. The maximum atomic E-state index is 4.69. The van der Waals surface area contributed by atoms with Crippen LogP contribution in [0.3, 0.4) is 0 Å². The third-order valence-electron chi connectivity index (χ3n) is 4.93. The van der Waals surface area contributed by atoms with E-state index in [0.29, 0.717) is 5.95 Å². The van der Waals surface area contributed by atoms with Gasteiger partial charge in [0.15, 0.2) is 0 Å². The van der Waals surface area contributed by atoms with E-state index in [0.717, 1.165) is 27.9 Å². The summed E-state index contributed by atoms with van der Waals surface area (Å²) in [4.78, 5) is 18.1. The van der Waals surface area contributed by atoms with Crippen LogP contribution < -0.4 is 5.32 Å². The first-order valence-corrected chi connectivity index (χ1v) is 9.12. The molecule has 138 valence electrons. The lowest BCUT2D eigenvalue weighted by Crippen LogP contribution is -2.10. The van der Waals surface area contributed by atoms with Gasteiger partial charge in [-0.05, 0) is 30.7 Å². The molecule has 0 radical (unpaired) electrons. The molecule has 0 fully saturated rings. The number of fused-ring (bicyclic) bond motifs is 2. The summed E-state index contributed by atoms with van der Waals surface area (Å²) >= 11 is 0. The fraction of sp³-hybridized carbons (Fsp3) is 0.143. The van der Waals surface area contributed by atoms with E-state index in [1.54, 1.807) is 12.5 Å². The molecule has 0 unspecified atom stereocenters. The van der Waals surface area contributed by atoms with E-state index in [-0.39, 0.29) is 6.04 Å². The number of aromatic nitrogens is 6. The number of rotatable bonds is 4. The van der Waals surface area contributed by atoms with E-state index in [1.807, 2.05) is 58.9 Å². The fourth-order valence-electron chi connectivity index (χ4n) is 3.38. The normalized spacial score (nSPS) is 12.5. The highest BCUT2D eigenvalue weighted by molar-refractivity contribution is 5.92. The van der Waals surface area contributed by atoms with Crippen molar-refractivity contribution in [3.8, 4) is 5.82 Å². The van der Waals surface area contributed by atoms with Crippen molar-refractivity contribution in [3.05, 3.63) is 72.9 Å². The second kappa shape index (κ2) is 6.45. The number of hydrogen-bond acceptors (Lipinski definition) is 5. The zero-order valence-electron chi connectivity index (χ0n) is 15.6. The number of hydrogen-bond donors (Lipinski definition) is 1. The lowest BCUT2D eigenvalue weighted by molar-refractivity contribution is 0.854. The van der Waals surface area contributed by atoms with Gasteiger partial charge in [0, 0.05) is 13.2 Å². The topological polar surface area (TPSA) is 73.5 Å². The van der Waals surface area contributed by atoms with Crippen molar-refractivity contribution < 1.29 is 0 Å². The highest BCUT2D eigenvalue weighted by Crippen LogP contribution is 2.23. The summed E-state index contributed by atoms with van der Waals surface area (Å²) in [6.07, 6.45) is 5.36. The second-order valence-corrected chi connectivity index (χ2v) is 6.81. The van der Waals surface area contributed by atoms with Gasteiger partial charge in [0.25, 0.3) is 0 Å². The lowest BCUT2D eigenvalue weighted by Gasteiger charge is -2.14. The van der Waals surface area contributed by atoms with Crippen LogP contribution in [0.4, 0.5) is 5.95 Å². The number of benzene rings is 2. The SMILES string of the molecule is C[C@H](Nc1nccc(-n2cnc3cc4c(cc32)ncn4C)n1)c1ccccc1. The van der Waals surface area contributed by atoms with Crippen molar-refractivity contribution in [3.63, 3.8) is 0 Å². The average molecular weight is 369 g/mol. The fourth-order valence-corrected chi connectivity index (χ4v) is 3.38. The first kappa shape index (κ1) is 16.4. The van der Waals surface area contributed by atoms with E-state index in [4.69, 9.17) is 4.98 Å². The van der Waals surface area contributed by atoms with E-state index >= 15 is 0 Å². The van der Waals surface area contributed by atoms with Gasteiger partial charge in [0.05, 0.1) is 34.4 Å². The van der Waals surface area contributed by atoms with Crippen molar-refractivity contribution in [1.29, 1.82) is 0 Å². The van der Waals surface area contributed by atoms with Gasteiger partial charge in [-0.15, -0.1) is 0 Å². The van der Waals surface area contributed by atoms with Crippen molar-refractivity contribution in [1.82, 2.24) is 29.1 Å². The van der Waals surface area contributed by atoms with E-state index in [1.165, 1.54) is 5.56 Å². The summed E-state index contributed by atoms with van der Waals surface area (Å²) in [6, 6.07) is 16.3. The van der Waals surface area contributed by atoms with E-state index < -0.39 is 0 Å². The molecule has 3 heterocycles. The third-order valence-corrected chi connectivity index (χ3v) is 4.93. The van der Waals surface area contributed by atoms with Crippen LogP contribution in [-0.2, 0) is 7.05 Å². The molecule has 7 nitrogen and oxygen atoms in total. The maximum absolute atomic E-state index is 4.69. The van der Waals surface area contributed by atoms with Crippen LogP contribution in [0.25, 0.3) is 27.9 Å². The number of anilines is 1. The summed E-state index contributed by atoms with van der Waals surface area (Å²) in [5.74, 6) is 1.34. The number of nitrogens with one attached hydrogen (secondary N) is 1. The summed E-state index contributed by atoms with van der Waals surface area (Å²) in [5, 5.41) is 3.37. The molecule has 0 amide bonds. The molecule has 0 saturated heterocycles. The first-order valence-electron chi connectivity index (χ1n) is 9.12. The quantitative estimate of drug-likeness (QED) is 0.520. The van der Waals surface area contributed by atoms with Crippen LogP contribution in [0.2, 0.25) is 0 Å². The standard InChI is InChI=1S/C21H19N7/c1-14(15-6-4-3-5-7-15)25-21-22-9-8-20(26-21)28-13-24-17-10-18-16(11-19(17)28)23-12-27(18)2/h3-14H,1-2H3,(H,22,25,26)/t14-/m0/s1. The lowest BCUT2D eigenvalue weighted by atomic mass is 10.1. The molecule has 5 aromatic rings. The Hall–Kier alpha value is -3.74. The van der Waals surface area contributed by atoms with Crippen LogP contribution in [0.1, 0.15) is 18.5 Å². The smallest absolute Gasteiger partial charge is 0.225 e. The van der Waals surface area contributed by atoms with Gasteiger partial charge in [-0.25, -0.2) is 15.0 Å². The molecule has 0 saturated carbocycles. The van der Waals surface area contributed by atoms with Gasteiger partial charge in [0.2, 0.25) is 5.95 Å². The molecule has 28 heavy (non-hydrogen) atoms. The Kier molecular flexibility index (Phi) is 3.79. The van der Waals surface area contributed by atoms with Gasteiger partial charge >= 0.3 is 0 Å². The zero-order valence-corrected chi connectivity index (χ0v) is 15.6. The number of nitrogens with zero attached hydrogens (tertiary/aromatic N) is 6. The van der Waals surface area contributed by atoms with E-state index in [2.05, 4.69) is 39.3 Å². The van der Waals surface area contributed by atoms with Crippen molar-refractivity contribution in [2.24, 2.45) is 7.05 Å².